The number of nitrogen functional groups attached to an aromatic ring is 1. The van der Waals surface area contributed by atoms with Gasteiger partial charge in [0.25, 0.3) is 0 Å². The maximum atomic E-state index is 5.71. The number of anilines is 1. The minimum Gasteiger partial charge on any atom is -0.490 e. The summed E-state index contributed by atoms with van der Waals surface area (Å²) in [5, 5.41) is 4.27. The first-order valence-corrected chi connectivity index (χ1v) is 6.67. The Morgan fingerprint density at radius 2 is 2.28 bits per heavy atom. The summed E-state index contributed by atoms with van der Waals surface area (Å²) in [6.07, 6.45) is 4.63. The van der Waals surface area contributed by atoms with Gasteiger partial charge >= 0.3 is 0 Å². The molecule has 0 aliphatic rings. The number of halogens is 1. The summed E-state index contributed by atoms with van der Waals surface area (Å²) in [6, 6.07) is 5.78. The maximum absolute atomic E-state index is 5.71. The standard InChI is InChI=1S/C13H16BrN3O/c1-2-5-18-12-7-16-17(9-12)8-10-3-4-11(15)6-13(10)14/h3-4,6-7,9H,2,5,8,15H2,1H3. The third kappa shape index (κ3) is 3.26. The van der Waals surface area contributed by atoms with Crippen LogP contribution in [0.25, 0.3) is 0 Å². The molecule has 2 N–H and O–H groups in total. The number of hydrogen-bond donors (Lipinski definition) is 1. The van der Waals surface area contributed by atoms with Gasteiger partial charge in [-0.2, -0.15) is 5.10 Å². The quantitative estimate of drug-likeness (QED) is 0.864. The summed E-state index contributed by atoms with van der Waals surface area (Å²) in [7, 11) is 0. The summed E-state index contributed by atoms with van der Waals surface area (Å²) in [4.78, 5) is 0. The summed E-state index contributed by atoms with van der Waals surface area (Å²) < 4.78 is 8.35. The van der Waals surface area contributed by atoms with Gasteiger partial charge in [0.1, 0.15) is 0 Å². The number of hydrogen-bond acceptors (Lipinski definition) is 3. The second-order valence-corrected chi connectivity index (χ2v) is 4.93. The third-order valence-electron chi connectivity index (χ3n) is 2.49. The Labute approximate surface area is 115 Å². The van der Waals surface area contributed by atoms with Gasteiger partial charge in [-0.3, -0.25) is 4.68 Å². The number of ether oxygens (including phenoxy) is 1. The van der Waals surface area contributed by atoms with Crippen molar-refractivity contribution in [3.63, 3.8) is 0 Å². The first-order chi connectivity index (χ1) is 8.69. The number of benzene rings is 1. The average molecular weight is 310 g/mol. The second kappa shape index (κ2) is 5.91. The summed E-state index contributed by atoms with van der Waals surface area (Å²) >= 11 is 3.50. The highest BCUT2D eigenvalue weighted by Gasteiger charge is 2.04. The Balaban J connectivity index is 2.06. The average Bonchev–Trinajstić information content (AvgIpc) is 2.78. The van der Waals surface area contributed by atoms with Crippen LogP contribution < -0.4 is 10.5 Å². The first kappa shape index (κ1) is 13.0. The fourth-order valence-electron chi connectivity index (χ4n) is 1.59. The van der Waals surface area contributed by atoms with Crippen molar-refractivity contribution in [1.29, 1.82) is 0 Å². The molecule has 2 aromatic rings. The van der Waals surface area contributed by atoms with Gasteiger partial charge in [0.15, 0.2) is 5.75 Å². The van der Waals surface area contributed by atoms with E-state index in [-0.39, 0.29) is 0 Å². The lowest BCUT2D eigenvalue weighted by molar-refractivity contribution is 0.317. The molecule has 0 aliphatic heterocycles. The van der Waals surface area contributed by atoms with E-state index in [1.54, 1.807) is 6.20 Å². The Bertz CT molecular complexity index is 525. The molecule has 0 bridgehead atoms. The molecule has 0 saturated carbocycles. The zero-order valence-corrected chi connectivity index (χ0v) is 11.9. The lowest BCUT2D eigenvalue weighted by Gasteiger charge is -2.05. The van der Waals surface area contributed by atoms with Crippen LogP contribution in [0.3, 0.4) is 0 Å². The highest BCUT2D eigenvalue weighted by molar-refractivity contribution is 9.10. The van der Waals surface area contributed by atoms with Crippen LogP contribution in [0.15, 0.2) is 35.1 Å². The van der Waals surface area contributed by atoms with Gasteiger partial charge in [-0.05, 0) is 24.1 Å². The summed E-state index contributed by atoms with van der Waals surface area (Å²) in [5.41, 5.74) is 7.59. The summed E-state index contributed by atoms with van der Waals surface area (Å²) in [6.45, 7) is 3.49. The predicted molar refractivity (Wildman–Crippen MR) is 75.7 cm³/mol. The van der Waals surface area contributed by atoms with Crippen LogP contribution in [0.5, 0.6) is 5.75 Å². The molecule has 18 heavy (non-hydrogen) atoms. The molecule has 1 heterocycles. The van der Waals surface area contributed by atoms with Crippen molar-refractivity contribution in [2.75, 3.05) is 12.3 Å². The van der Waals surface area contributed by atoms with Crippen molar-refractivity contribution >= 4 is 21.6 Å². The molecule has 0 fully saturated rings. The van der Waals surface area contributed by atoms with Crippen LogP contribution in [0.1, 0.15) is 18.9 Å². The fourth-order valence-corrected chi connectivity index (χ4v) is 2.11. The molecule has 0 aliphatic carbocycles. The minimum atomic E-state index is 0.691. The smallest absolute Gasteiger partial charge is 0.157 e. The van der Waals surface area contributed by atoms with Gasteiger partial charge in [-0.15, -0.1) is 0 Å². The molecular formula is C13H16BrN3O. The number of nitrogens with two attached hydrogens (primary N) is 1. The second-order valence-electron chi connectivity index (χ2n) is 4.07. The zero-order valence-electron chi connectivity index (χ0n) is 10.3. The van der Waals surface area contributed by atoms with Crippen molar-refractivity contribution in [3.8, 4) is 5.75 Å². The van der Waals surface area contributed by atoms with Gasteiger partial charge in [0.2, 0.25) is 0 Å². The Morgan fingerprint density at radius 3 is 3.00 bits per heavy atom. The number of aromatic nitrogens is 2. The van der Waals surface area contributed by atoms with Crippen molar-refractivity contribution < 1.29 is 4.74 Å². The molecule has 0 saturated heterocycles. The lowest BCUT2D eigenvalue weighted by atomic mass is 10.2. The molecule has 2 rings (SSSR count). The van der Waals surface area contributed by atoms with Crippen LogP contribution in [-0.4, -0.2) is 16.4 Å². The van der Waals surface area contributed by atoms with Crippen molar-refractivity contribution in [3.05, 3.63) is 40.6 Å². The van der Waals surface area contributed by atoms with Crippen molar-refractivity contribution in [1.82, 2.24) is 9.78 Å². The van der Waals surface area contributed by atoms with E-state index in [4.69, 9.17) is 10.5 Å². The number of nitrogens with zero attached hydrogens (tertiary/aromatic N) is 2. The normalized spacial score (nSPS) is 10.6. The van der Waals surface area contributed by atoms with E-state index in [2.05, 4.69) is 28.0 Å². The van der Waals surface area contributed by atoms with Crippen LogP contribution in [-0.2, 0) is 6.54 Å². The van der Waals surface area contributed by atoms with Crippen LogP contribution >= 0.6 is 15.9 Å². The van der Waals surface area contributed by atoms with Crippen LogP contribution in [0, 0.1) is 0 Å². The SMILES string of the molecule is CCCOc1cnn(Cc2ccc(N)cc2Br)c1. The van der Waals surface area contributed by atoms with Gasteiger partial charge in [0, 0.05) is 10.2 Å². The van der Waals surface area contributed by atoms with Crippen molar-refractivity contribution in [2.24, 2.45) is 0 Å². The van der Waals surface area contributed by atoms with Crippen LogP contribution in [0.4, 0.5) is 5.69 Å². The van der Waals surface area contributed by atoms with E-state index >= 15 is 0 Å². The molecule has 5 heteroatoms. The van der Waals surface area contributed by atoms with Gasteiger partial charge in [-0.1, -0.05) is 28.9 Å². The van der Waals surface area contributed by atoms with E-state index in [0.717, 1.165) is 34.5 Å². The molecule has 1 aromatic heterocycles. The van der Waals surface area contributed by atoms with Crippen molar-refractivity contribution in [2.45, 2.75) is 19.9 Å². The molecule has 4 nitrogen and oxygen atoms in total. The van der Waals surface area contributed by atoms with Crippen LogP contribution in [0.2, 0.25) is 0 Å². The predicted octanol–water partition coefficient (Wildman–Crippen LogP) is 3.06. The minimum absolute atomic E-state index is 0.691. The summed E-state index contributed by atoms with van der Waals surface area (Å²) in [5.74, 6) is 0.809. The molecule has 96 valence electrons. The van der Waals surface area contributed by atoms with E-state index in [0.29, 0.717) is 6.54 Å². The first-order valence-electron chi connectivity index (χ1n) is 5.88. The van der Waals surface area contributed by atoms with E-state index < -0.39 is 0 Å². The molecule has 0 unspecified atom stereocenters. The molecule has 0 radical (unpaired) electrons. The van der Waals surface area contributed by atoms with E-state index in [9.17, 15) is 0 Å². The van der Waals surface area contributed by atoms with Gasteiger partial charge < -0.3 is 10.5 Å². The van der Waals surface area contributed by atoms with Gasteiger partial charge in [0.05, 0.1) is 25.5 Å². The fraction of sp³-hybridized carbons (Fsp3) is 0.308. The maximum Gasteiger partial charge on any atom is 0.157 e. The van der Waals surface area contributed by atoms with E-state index in [1.165, 1.54) is 0 Å². The molecule has 0 amide bonds. The topological polar surface area (TPSA) is 53.1 Å². The molecule has 1 aromatic carbocycles. The Hall–Kier alpha value is -1.49. The highest BCUT2D eigenvalue weighted by atomic mass is 79.9. The largest absolute Gasteiger partial charge is 0.490 e. The molecule has 0 atom stereocenters. The van der Waals surface area contributed by atoms with E-state index in [1.807, 2.05) is 29.1 Å². The highest BCUT2D eigenvalue weighted by Crippen LogP contribution is 2.21. The Morgan fingerprint density at radius 1 is 1.44 bits per heavy atom. The third-order valence-corrected chi connectivity index (χ3v) is 3.23. The monoisotopic (exact) mass is 309 g/mol. The lowest BCUT2D eigenvalue weighted by Crippen LogP contribution is -2.01. The Kier molecular flexibility index (Phi) is 4.25. The molecule has 0 spiro atoms. The zero-order chi connectivity index (χ0) is 13.0. The number of rotatable bonds is 5. The van der Waals surface area contributed by atoms with Gasteiger partial charge in [-0.25, -0.2) is 0 Å². The molecular weight excluding hydrogens is 294 g/mol.